The number of aromatic amines is 1. The molecule has 4 amide bonds. The summed E-state index contributed by atoms with van der Waals surface area (Å²) in [5, 5.41) is 18.9. The second-order valence-corrected chi connectivity index (χ2v) is 17.2. The van der Waals surface area contributed by atoms with Gasteiger partial charge in [0, 0.05) is 45.4 Å². The molecule has 2 aromatic heterocycles. The lowest BCUT2D eigenvalue weighted by molar-refractivity contribution is 0.0553. The topological polar surface area (TPSA) is 228 Å². The average molecular weight is 925 g/mol. The minimum absolute atomic E-state index is 0.100. The molecule has 0 saturated carbocycles. The number of amides is 4. The van der Waals surface area contributed by atoms with Gasteiger partial charge in [0.1, 0.15) is 11.6 Å². The molecule has 2 atom stereocenters. The number of carbonyl (C=O) groups is 4. The number of carbonyl (C=O) groups excluding carboxylic acids is 4. The quantitative estimate of drug-likeness (QED) is 0.217. The van der Waals surface area contributed by atoms with Gasteiger partial charge >= 0.3 is 11.4 Å². The molecule has 0 bridgehead atoms. The summed E-state index contributed by atoms with van der Waals surface area (Å²) in [7, 11) is 1.42. The molecule has 0 unspecified atom stereocenters. The summed E-state index contributed by atoms with van der Waals surface area (Å²) in [4.78, 5) is 111. The van der Waals surface area contributed by atoms with Crippen molar-refractivity contribution >= 4 is 35.3 Å². The SMILES string of the molecule is Cn1c(=O)cc(N2CCC[C@@H](N3C(=O)c4ccccc4C3=O)C2)n(Cc2ccccc2C#N)c1=O.N#Cc1ccccc1Cn1c(N2CCC[C@@H](N3C(=O)c4ccccc4C3=O)C2)cc(=O)[nH]c1=O. The van der Waals surface area contributed by atoms with Crippen LogP contribution in [0.1, 0.15) is 89.4 Å². The minimum Gasteiger partial charge on any atom is -0.356 e. The van der Waals surface area contributed by atoms with Crippen molar-refractivity contribution in [3.05, 3.63) is 195 Å². The van der Waals surface area contributed by atoms with Gasteiger partial charge in [0.25, 0.3) is 34.7 Å². The Morgan fingerprint density at radius 1 is 0.551 bits per heavy atom. The Morgan fingerprint density at radius 2 is 0.957 bits per heavy atom. The zero-order valence-corrected chi connectivity index (χ0v) is 37.4. The first kappa shape index (κ1) is 45.3. The van der Waals surface area contributed by atoms with Crippen LogP contribution in [0, 0.1) is 22.7 Å². The number of rotatable bonds is 8. The van der Waals surface area contributed by atoms with E-state index in [1.165, 1.54) is 38.1 Å². The van der Waals surface area contributed by atoms with E-state index in [0.717, 1.165) is 4.57 Å². The van der Waals surface area contributed by atoms with Crippen molar-refractivity contribution in [3.63, 3.8) is 0 Å². The van der Waals surface area contributed by atoms with Gasteiger partial charge in [-0.15, -0.1) is 0 Å². The summed E-state index contributed by atoms with van der Waals surface area (Å²) >= 11 is 0. The molecular weight excluding hydrogens is 881 g/mol. The summed E-state index contributed by atoms with van der Waals surface area (Å²) in [6.07, 6.45) is 2.62. The third kappa shape index (κ3) is 8.44. The van der Waals surface area contributed by atoms with Crippen molar-refractivity contribution in [3.8, 4) is 12.1 Å². The van der Waals surface area contributed by atoms with Crippen molar-refractivity contribution in [1.29, 1.82) is 10.5 Å². The minimum atomic E-state index is -0.585. The summed E-state index contributed by atoms with van der Waals surface area (Å²) in [5.74, 6) is -0.476. The summed E-state index contributed by atoms with van der Waals surface area (Å²) in [6.45, 7) is 1.93. The summed E-state index contributed by atoms with van der Waals surface area (Å²) in [6, 6.07) is 33.7. The number of H-pyrrole nitrogens is 1. The van der Waals surface area contributed by atoms with Crippen LogP contribution in [0.5, 0.6) is 0 Å². The molecule has 69 heavy (non-hydrogen) atoms. The number of imide groups is 2. The standard InChI is InChI=1S/C26H23N5O4.C25H21N5O4/c1-28-23(32)13-22(30(26(28)35)15-18-8-3-2-7-17(18)14-27)29-12-6-9-19(16-29)31-24(33)20-10-4-5-11-21(20)25(31)34;26-13-16-6-1-2-7-17(16)14-29-22(12-21(31)27-25(29)34)28-11-5-8-18(15-28)30-23(32)19-9-3-4-10-20(19)24(30)33/h2-5,7-8,10-11,13,19H,6,9,12,15-16H2,1H3;1-4,6-7,9-10,12,18H,5,8,11,14-15H2,(H,27,31,34)/t19-;18-/m11/s1. The molecule has 0 radical (unpaired) electrons. The fourth-order valence-electron chi connectivity index (χ4n) is 9.69. The van der Waals surface area contributed by atoms with Crippen LogP contribution in [0.15, 0.2) is 128 Å². The third-order valence-corrected chi connectivity index (χ3v) is 13.1. The highest BCUT2D eigenvalue weighted by molar-refractivity contribution is 6.22. The summed E-state index contributed by atoms with van der Waals surface area (Å²) in [5.41, 5.74) is 1.71. The van der Waals surface area contributed by atoms with E-state index in [9.17, 15) is 48.9 Å². The molecule has 10 rings (SSSR count). The molecular formula is C51H44N10O8. The van der Waals surface area contributed by atoms with Crippen LogP contribution in [0.4, 0.5) is 11.6 Å². The summed E-state index contributed by atoms with van der Waals surface area (Å²) < 4.78 is 3.93. The van der Waals surface area contributed by atoms with Gasteiger partial charge in [0.05, 0.1) is 70.7 Å². The van der Waals surface area contributed by atoms with Crippen LogP contribution in [0.2, 0.25) is 0 Å². The molecule has 6 aromatic rings. The van der Waals surface area contributed by atoms with Crippen LogP contribution in [-0.4, -0.2) is 90.4 Å². The Kier molecular flexibility index (Phi) is 12.3. The van der Waals surface area contributed by atoms with Gasteiger partial charge in [-0.3, -0.25) is 57.3 Å². The molecule has 0 aliphatic carbocycles. The maximum atomic E-state index is 13.1. The number of nitrogens with zero attached hydrogens (tertiary/aromatic N) is 9. The largest absolute Gasteiger partial charge is 0.356 e. The van der Waals surface area contributed by atoms with E-state index in [-0.39, 0.29) is 36.7 Å². The van der Waals surface area contributed by atoms with Crippen LogP contribution in [0.25, 0.3) is 0 Å². The van der Waals surface area contributed by atoms with Crippen LogP contribution >= 0.6 is 0 Å². The smallest absolute Gasteiger partial charge is 0.332 e. The highest BCUT2D eigenvalue weighted by Gasteiger charge is 2.43. The van der Waals surface area contributed by atoms with Crippen molar-refractivity contribution in [2.24, 2.45) is 7.05 Å². The number of aromatic nitrogens is 4. The van der Waals surface area contributed by atoms with Gasteiger partial charge in [0.2, 0.25) is 0 Å². The van der Waals surface area contributed by atoms with E-state index in [1.807, 2.05) is 9.80 Å². The molecule has 0 spiro atoms. The van der Waals surface area contributed by atoms with E-state index >= 15 is 0 Å². The fraction of sp³-hybridized carbons (Fsp3) is 0.255. The molecule has 1 N–H and O–H groups in total. The number of benzene rings is 4. The first-order chi connectivity index (χ1) is 33.4. The number of piperidine rings is 2. The second kappa shape index (κ2) is 18.8. The molecule has 4 aliphatic rings. The van der Waals surface area contributed by atoms with Crippen molar-refractivity contribution in [2.75, 3.05) is 36.0 Å². The van der Waals surface area contributed by atoms with Crippen LogP contribution in [0.3, 0.4) is 0 Å². The van der Waals surface area contributed by atoms with Gasteiger partial charge in [-0.05, 0) is 73.2 Å². The van der Waals surface area contributed by atoms with Crippen LogP contribution in [-0.2, 0) is 20.1 Å². The first-order valence-corrected chi connectivity index (χ1v) is 22.4. The van der Waals surface area contributed by atoms with Gasteiger partial charge < -0.3 is 9.80 Å². The second-order valence-electron chi connectivity index (χ2n) is 17.2. The molecule has 18 heteroatoms. The Hall–Kier alpha value is -8.90. The Labute approximate surface area is 393 Å². The molecule has 18 nitrogen and oxygen atoms in total. The molecule has 4 aliphatic heterocycles. The average Bonchev–Trinajstić information content (AvgIpc) is 3.78. The van der Waals surface area contributed by atoms with Crippen molar-refractivity contribution in [1.82, 2.24) is 28.5 Å². The fourth-order valence-corrected chi connectivity index (χ4v) is 9.69. The maximum Gasteiger partial charge on any atom is 0.332 e. The number of nitrogens with one attached hydrogen (secondary N) is 1. The molecule has 2 fully saturated rings. The molecule has 4 aromatic carbocycles. The zero-order valence-electron chi connectivity index (χ0n) is 37.4. The van der Waals surface area contributed by atoms with Crippen molar-refractivity contribution in [2.45, 2.75) is 50.9 Å². The van der Waals surface area contributed by atoms with Gasteiger partial charge in [-0.1, -0.05) is 60.7 Å². The zero-order chi connectivity index (χ0) is 48.5. The van der Waals surface area contributed by atoms with E-state index in [4.69, 9.17) is 0 Å². The Balaban J connectivity index is 0.000000172. The van der Waals surface area contributed by atoms with Gasteiger partial charge in [-0.25, -0.2) is 9.59 Å². The highest BCUT2D eigenvalue weighted by Crippen LogP contribution is 2.31. The highest BCUT2D eigenvalue weighted by atomic mass is 16.2. The van der Waals surface area contributed by atoms with E-state index in [1.54, 1.807) is 97.1 Å². The van der Waals surface area contributed by atoms with E-state index in [2.05, 4.69) is 17.1 Å². The van der Waals surface area contributed by atoms with E-state index < -0.39 is 34.6 Å². The van der Waals surface area contributed by atoms with E-state index in [0.29, 0.717) is 108 Å². The van der Waals surface area contributed by atoms with Gasteiger partial charge in [0.15, 0.2) is 0 Å². The number of anilines is 2. The number of hydrogen-bond acceptors (Lipinski definition) is 12. The first-order valence-electron chi connectivity index (χ1n) is 22.4. The lowest BCUT2D eigenvalue weighted by atomic mass is 10.0. The molecule has 2 saturated heterocycles. The lowest BCUT2D eigenvalue weighted by Gasteiger charge is -2.38. The molecule has 346 valence electrons. The third-order valence-electron chi connectivity index (χ3n) is 13.1. The Bertz CT molecular complexity index is 3360. The normalized spacial score (nSPS) is 17.5. The number of nitriles is 2. The lowest BCUT2D eigenvalue weighted by Crippen LogP contribution is -2.52. The van der Waals surface area contributed by atoms with Crippen molar-refractivity contribution < 1.29 is 19.2 Å². The number of hydrogen-bond donors (Lipinski definition) is 1. The molecule has 6 heterocycles. The predicted molar refractivity (Wildman–Crippen MR) is 252 cm³/mol. The predicted octanol–water partition coefficient (Wildman–Crippen LogP) is 3.45. The monoisotopic (exact) mass is 924 g/mol. The Morgan fingerprint density at radius 3 is 1.41 bits per heavy atom. The number of fused-ring (bicyclic) bond motifs is 2. The van der Waals surface area contributed by atoms with Crippen LogP contribution < -0.4 is 32.3 Å². The maximum absolute atomic E-state index is 13.1. The van der Waals surface area contributed by atoms with Gasteiger partial charge in [-0.2, -0.15) is 10.5 Å².